The van der Waals surface area contributed by atoms with E-state index in [0.29, 0.717) is 0 Å². The summed E-state index contributed by atoms with van der Waals surface area (Å²) >= 11 is 0. The molecule has 14 heteroatoms. The molecule has 0 saturated carbocycles. The van der Waals surface area contributed by atoms with Crippen molar-refractivity contribution < 1.29 is 57.4 Å². The van der Waals surface area contributed by atoms with E-state index in [1.165, 1.54) is 7.11 Å². The summed E-state index contributed by atoms with van der Waals surface area (Å²) in [5, 5.41) is 27.5. The van der Waals surface area contributed by atoms with Gasteiger partial charge in [0.25, 0.3) is 6.04 Å². The second-order valence-corrected chi connectivity index (χ2v) is 19.2. The van der Waals surface area contributed by atoms with Gasteiger partial charge in [0.15, 0.2) is 18.5 Å². The second-order valence-electron chi connectivity index (χ2n) is 19.2. The topological polar surface area (TPSA) is 156 Å². The summed E-state index contributed by atoms with van der Waals surface area (Å²) in [6.07, 6.45) is -13.4. The molecule has 7 aromatic carbocycles. The Labute approximate surface area is 450 Å². The number of aliphatic hydroxyl groups excluding tert-OH is 1. The van der Waals surface area contributed by atoms with E-state index in [4.69, 9.17) is 47.4 Å². The number of aliphatic hydroxyl groups is 1. The van der Waals surface area contributed by atoms with Crippen molar-refractivity contribution in [1.29, 1.82) is 0 Å². The van der Waals surface area contributed by atoms with Gasteiger partial charge in [-0.3, -0.25) is 10.1 Å². The minimum absolute atomic E-state index is 0.0134. The third-order valence-electron chi connectivity index (χ3n) is 13.8. The molecular weight excluding hydrogens is 979 g/mol. The smallest absolute Gasteiger partial charge is 0.269 e. The third kappa shape index (κ3) is 15.4. The summed E-state index contributed by atoms with van der Waals surface area (Å²) in [6.45, 7) is 0.749. The van der Waals surface area contributed by atoms with Crippen LogP contribution in [0.3, 0.4) is 0 Å². The largest absolute Gasteiger partial charge is 0.383 e. The molecule has 2 aliphatic rings. The highest BCUT2D eigenvalue weighted by atomic mass is 16.7. The molecule has 0 bridgehead atoms. The Morgan fingerprint density at radius 1 is 0.416 bits per heavy atom. The highest BCUT2D eigenvalue weighted by Crippen LogP contribution is 2.38. The van der Waals surface area contributed by atoms with E-state index in [-0.39, 0.29) is 52.9 Å². The van der Waals surface area contributed by atoms with Crippen molar-refractivity contribution in [2.75, 3.05) is 13.7 Å². The van der Waals surface area contributed by atoms with E-state index in [0.717, 1.165) is 38.9 Å². The van der Waals surface area contributed by atoms with E-state index in [1.807, 2.05) is 212 Å². The molecule has 402 valence electrons. The van der Waals surface area contributed by atoms with Crippen molar-refractivity contribution in [2.24, 2.45) is 0 Å². The van der Waals surface area contributed by atoms with Crippen molar-refractivity contribution in [1.82, 2.24) is 0 Å². The lowest BCUT2D eigenvalue weighted by Gasteiger charge is -2.49. The van der Waals surface area contributed by atoms with Crippen LogP contribution in [-0.4, -0.2) is 97.1 Å². The summed E-state index contributed by atoms with van der Waals surface area (Å²) in [6, 6.07) is 65.3. The van der Waals surface area contributed by atoms with Crippen LogP contribution in [0, 0.1) is 10.1 Å². The molecule has 2 saturated heterocycles. The quantitative estimate of drug-likeness (QED) is 0.0384. The zero-order valence-electron chi connectivity index (χ0n) is 43.1. The van der Waals surface area contributed by atoms with Crippen molar-refractivity contribution in [3.63, 3.8) is 0 Å². The fourth-order valence-corrected chi connectivity index (χ4v) is 9.89. The highest BCUT2D eigenvalue weighted by molar-refractivity contribution is 5.19. The van der Waals surface area contributed by atoms with Crippen molar-refractivity contribution >= 4 is 0 Å². The van der Waals surface area contributed by atoms with E-state index < -0.39 is 78.3 Å². The van der Waals surface area contributed by atoms with Gasteiger partial charge in [0.05, 0.1) is 52.9 Å². The Hall–Kier alpha value is -6.50. The summed E-state index contributed by atoms with van der Waals surface area (Å²) < 4.78 is 67.4. The lowest BCUT2D eigenvalue weighted by Crippen LogP contribution is -2.70. The van der Waals surface area contributed by atoms with Gasteiger partial charge in [-0.2, -0.15) is 0 Å². The Kier molecular flexibility index (Phi) is 20.6. The molecule has 0 spiro atoms. The van der Waals surface area contributed by atoms with Crippen LogP contribution in [0.15, 0.2) is 212 Å². The van der Waals surface area contributed by atoms with E-state index in [2.05, 4.69) is 0 Å². The summed E-state index contributed by atoms with van der Waals surface area (Å²) in [5.41, 5.74) is 6.02. The third-order valence-corrected chi connectivity index (χ3v) is 13.8. The first kappa shape index (κ1) is 55.3. The second kappa shape index (κ2) is 28.8. The highest BCUT2D eigenvalue weighted by Gasteiger charge is 2.61. The number of benzene rings is 7. The molecule has 12 atom stereocenters. The van der Waals surface area contributed by atoms with Gasteiger partial charge in [-0.15, -0.1) is 0 Å². The zero-order valence-corrected chi connectivity index (χ0v) is 43.1. The Morgan fingerprint density at radius 2 is 0.714 bits per heavy atom. The van der Waals surface area contributed by atoms with E-state index in [9.17, 15) is 15.2 Å². The monoisotopic (exact) mass is 1050 g/mol. The van der Waals surface area contributed by atoms with Gasteiger partial charge >= 0.3 is 0 Å². The van der Waals surface area contributed by atoms with E-state index >= 15 is 0 Å². The van der Waals surface area contributed by atoms with Gasteiger partial charge < -0.3 is 52.5 Å². The SMILES string of the molecule is CO[C@H]1O[C@H](C(C(O)[C@@H]2O[C@H](COCc3ccccc3)[C@H](OCc3ccccc3)[C@H](OCc3ccccc3)[C@H]2OCc2ccccc2)[N+](=O)[O-])[C@@H](OCc2ccccc2)[C@H](OCc2ccccc2)[C@H]1OCc1ccccc1. The fraction of sp³-hybridized carbons (Fsp3) is 0.333. The van der Waals surface area contributed by atoms with Crippen molar-refractivity contribution in [2.45, 2.75) is 120 Å². The molecule has 2 unspecified atom stereocenters. The normalized spacial score (nSPS) is 24.2. The summed E-state index contributed by atoms with van der Waals surface area (Å²) in [4.78, 5) is 13.7. The van der Waals surface area contributed by atoms with Crippen LogP contribution in [-0.2, 0) is 93.6 Å². The van der Waals surface area contributed by atoms with Crippen LogP contribution in [0.25, 0.3) is 0 Å². The Bertz CT molecular complexity index is 2750. The average molecular weight is 1050 g/mol. The van der Waals surface area contributed by atoms with Crippen molar-refractivity contribution in [3.8, 4) is 0 Å². The van der Waals surface area contributed by atoms with Gasteiger partial charge in [0, 0.05) is 12.0 Å². The first-order valence-corrected chi connectivity index (χ1v) is 26.1. The zero-order chi connectivity index (χ0) is 53.0. The maximum Gasteiger partial charge on any atom is 0.269 e. The molecule has 2 heterocycles. The van der Waals surface area contributed by atoms with Gasteiger partial charge in [-0.1, -0.05) is 212 Å². The molecule has 2 fully saturated rings. The number of hydrogen-bond donors (Lipinski definition) is 1. The van der Waals surface area contributed by atoms with Gasteiger partial charge in [0.2, 0.25) is 0 Å². The number of nitro groups is 1. The van der Waals surface area contributed by atoms with Crippen LogP contribution in [0.2, 0.25) is 0 Å². The molecule has 0 aromatic heterocycles. The standard InChI is InChI=1S/C63H67NO13/c1-68-63-62(75-43-51-35-21-8-22-36-51)61(74-42-50-33-19-7-20-34-50)59(72-40-48-29-15-5-16-30-48)56(77-63)53(64(66)67)54(65)57-60(73-41-49-31-17-6-18-32-49)58(71-39-47-27-13-4-14-28-47)55(70-38-46-25-11-3-12-26-46)52(76-57)44-69-37-45-23-9-2-10-24-45/h2-36,52-63,65H,37-44H2,1H3/t52-,53?,54?,55+,56-,57+,58+,59-,60+,61+,62-,63+/m1/s1. The Morgan fingerprint density at radius 3 is 1.06 bits per heavy atom. The van der Waals surface area contributed by atoms with Crippen LogP contribution in [0.1, 0.15) is 38.9 Å². The van der Waals surface area contributed by atoms with E-state index in [1.54, 1.807) is 0 Å². The predicted octanol–water partition coefficient (Wildman–Crippen LogP) is 9.86. The number of ether oxygens (including phenoxy) is 10. The molecule has 1 N–H and O–H groups in total. The first-order valence-electron chi connectivity index (χ1n) is 26.1. The molecule has 7 aromatic rings. The summed E-state index contributed by atoms with van der Waals surface area (Å²) in [7, 11) is 1.44. The summed E-state index contributed by atoms with van der Waals surface area (Å²) in [5.74, 6) is 0. The molecule has 0 aliphatic carbocycles. The number of nitrogens with zero attached hydrogens (tertiary/aromatic N) is 1. The molecular formula is C63H67NO13. The molecule has 0 amide bonds. The number of methoxy groups -OCH3 is 1. The molecule has 77 heavy (non-hydrogen) atoms. The predicted molar refractivity (Wildman–Crippen MR) is 287 cm³/mol. The number of rotatable bonds is 27. The fourth-order valence-electron chi connectivity index (χ4n) is 9.89. The first-order chi connectivity index (χ1) is 37.9. The van der Waals surface area contributed by atoms with Gasteiger partial charge in [-0.25, -0.2) is 0 Å². The maximum absolute atomic E-state index is 14.2. The van der Waals surface area contributed by atoms with Gasteiger partial charge in [0.1, 0.15) is 48.8 Å². The van der Waals surface area contributed by atoms with Crippen molar-refractivity contribution in [3.05, 3.63) is 261 Å². The maximum atomic E-state index is 14.2. The van der Waals surface area contributed by atoms with Crippen LogP contribution >= 0.6 is 0 Å². The Balaban J connectivity index is 1.12. The van der Waals surface area contributed by atoms with Gasteiger partial charge in [-0.05, 0) is 38.9 Å². The number of hydrogen-bond acceptors (Lipinski definition) is 13. The average Bonchev–Trinajstić information content (AvgIpc) is 3.50. The molecule has 14 nitrogen and oxygen atoms in total. The van der Waals surface area contributed by atoms with Crippen LogP contribution < -0.4 is 0 Å². The lowest BCUT2D eigenvalue weighted by molar-refractivity contribution is -0.561. The molecule has 2 aliphatic heterocycles. The van der Waals surface area contributed by atoms with Crippen LogP contribution in [0.4, 0.5) is 0 Å². The minimum Gasteiger partial charge on any atom is -0.383 e. The minimum atomic E-state index is -1.96. The molecule has 9 rings (SSSR count). The van der Waals surface area contributed by atoms with Crippen LogP contribution in [0.5, 0.6) is 0 Å². The molecule has 0 radical (unpaired) electrons. The lowest BCUT2D eigenvalue weighted by atomic mass is 9.84.